The molecule has 1 saturated carbocycles. The van der Waals surface area contributed by atoms with Crippen LogP contribution in [0.4, 0.5) is 10.5 Å². The molecular formula is C22H24ClN3O3S. The standard InChI is InChI=1S/C22H24ClN3O3S/c1-21(2,3)19(26-20(27)28)22(8-9-22)12-29-16-10-17(18(23)24-11-16)14-4-6-15(7-5-14)25-13-30/h4-7,10-11,19,26H,8-9,12H2,1-3H3,(H,27,28). The molecule has 0 saturated heterocycles. The minimum absolute atomic E-state index is 0.212. The van der Waals surface area contributed by atoms with E-state index < -0.39 is 6.09 Å². The number of aromatic nitrogens is 1. The van der Waals surface area contributed by atoms with E-state index in [0.29, 0.717) is 23.2 Å². The average molecular weight is 446 g/mol. The highest BCUT2D eigenvalue weighted by molar-refractivity contribution is 7.78. The number of rotatable bonds is 7. The van der Waals surface area contributed by atoms with Crippen LogP contribution in [0.25, 0.3) is 11.1 Å². The SMILES string of the molecule is CC(C)(C)C(NC(=O)O)C1(COc2cnc(Cl)c(-c3ccc(N=C=S)cc3)c2)CC1. The number of hydrogen-bond donors (Lipinski definition) is 2. The number of carbonyl (C=O) groups is 1. The maximum Gasteiger partial charge on any atom is 0.404 e. The number of amides is 1. The first-order valence-corrected chi connectivity index (χ1v) is 10.4. The van der Waals surface area contributed by atoms with E-state index in [4.69, 9.17) is 16.3 Å². The van der Waals surface area contributed by atoms with E-state index in [1.54, 1.807) is 6.20 Å². The molecule has 1 aromatic heterocycles. The first-order valence-electron chi connectivity index (χ1n) is 9.61. The predicted octanol–water partition coefficient (Wildman–Crippen LogP) is 5.98. The van der Waals surface area contributed by atoms with Gasteiger partial charge >= 0.3 is 6.09 Å². The third-order valence-electron chi connectivity index (χ3n) is 5.33. The largest absolute Gasteiger partial charge is 0.491 e. The minimum atomic E-state index is -1.02. The van der Waals surface area contributed by atoms with E-state index in [2.05, 4.69) is 32.7 Å². The summed E-state index contributed by atoms with van der Waals surface area (Å²) in [4.78, 5) is 19.5. The first kappa shape index (κ1) is 22.2. The number of nitrogens with zero attached hydrogens (tertiary/aromatic N) is 2. The van der Waals surface area contributed by atoms with Crippen molar-refractivity contribution < 1.29 is 14.6 Å². The van der Waals surface area contributed by atoms with Crippen molar-refractivity contribution in [1.29, 1.82) is 0 Å². The molecule has 1 aromatic carbocycles. The van der Waals surface area contributed by atoms with Gasteiger partial charge < -0.3 is 15.2 Å². The van der Waals surface area contributed by atoms with Crippen molar-refractivity contribution in [3.8, 4) is 16.9 Å². The summed E-state index contributed by atoms with van der Waals surface area (Å²) in [7, 11) is 0. The number of nitrogens with one attached hydrogen (secondary N) is 1. The number of aliphatic imine (C=N–C) groups is 1. The van der Waals surface area contributed by atoms with Gasteiger partial charge in [0.15, 0.2) is 0 Å². The number of benzene rings is 1. The van der Waals surface area contributed by atoms with E-state index in [-0.39, 0.29) is 16.9 Å². The molecule has 3 rings (SSSR count). The molecule has 1 amide bonds. The van der Waals surface area contributed by atoms with E-state index in [1.165, 1.54) is 0 Å². The van der Waals surface area contributed by atoms with Crippen LogP contribution in [0.15, 0.2) is 41.5 Å². The number of hydrogen-bond acceptors (Lipinski definition) is 5. The van der Waals surface area contributed by atoms with Crippen molar-refractivity contribution in [2.24, 2.45) is 15.8 Å². The molecule has 0 bridgehead atoms. The summed E-state index contributed by atoms with van der Waals surface area (Å²) in [5, 5.41) is 14.7. The van der Waals surface area contributed by atoms with Gasteiger partial charge in [-0.25, -0.2) is 9.78 Å². The Morgan fingerprint density at radius 1 is 1.40 bits per heavy atom. The molecule has 2 N–H and O–H groups in total. The van der Waals surface area contributed by atoms with Gasteiger partial charge in [-0.05, 0) is 54.2 Å². The number of ether oxygens (including phenoxy) is 1. The highest BCUT2D eigenvalue weighted by Crippen LogP contribution is 2.53. The van der Waals surface area contributed by atoms with Gasteiger partial charge in [0.2, 0.25) is 0 Å². The van der Waals surface area contributed by atoms with Gasteiger partial charge in [0.1, 0.15) is 10.9 Å². The molecule has 1 fully saturated rings. The van der Waals surface area contributed by atoms with Crippen LogP contribution in [-0.2, 0) is 0 Å². The highest BCUT2D eigenvalue weighted by Gasteiger charge is 2.54. The molecule has 0 aliphatic heterocycles. The van der Waals surface area contributed by atoms with E-state index in [1.807, 2.05) is 51.1 Å². The summed E-state index contributed by atoms with van der Waals surface area (Å²) in [5.74, 6) is 0.588. The zero-order valence-electron chi connectivity index (χ0n) is 17.1. The fraction of sp³-hybridized carbons (Fsp3) is 0.409. The third-order valence-corrected chi connectivity index (χ3v) is 5.72. The summed E-state index contributed by atoms with van der Waals surface area (Å²) in [5.41, 5.74) is 1.88. The van der Waals surface area contributed by atoms with E-state index in [0.717, 1.165) is 24.0 Å². The summed E-state index contributed by atoms with van der Waals surface area (Å²) in [6.45, 7) is 6.51. The van der Waals surface area contributed by atoms with Crippen LogP contribution < -0.4 is 10.1 Å². The Balaban J connectivity index is 1.78. The van der Waals surface area contributed by atoms with Gasteiger partial charge in [0.25, 0.3) is 0 Å². The lowest BCUT2D eigenvalue weighted by Gasteiger charge is -2.37. The maximum absolute atomic E-state index is 11.3. The molecule has 6 nitrogen and oxygen atoms in total. The number of thiocarbonyl (C=S) groups is 1. The summed E-state index contributed by atoms with van der Waals surface area (Å²) in [6, 6.07) is 9.04. The first-order chi connectivity index (χ1) is 14.1. The Hall–Kier alpha value is -2.47. The number of carboxylic acid groups (broad SMARTS) is 1. The van der Waals surface area contributed by atoms with Gasteiger partial charge in [0, 0.05) is 17.0 Å². The molecule has 0 radical (unpaired) electrons. The molecule has 1 heterocycles. The quantitative estimate of drug-likeness (QED) is 0.311. The maximum atomic E-state index is 11.3. The Bertz CT molecular complexity index is 978. The van der Waals surface area contributed by atoms with Crippen molar-refractivity contribution >= 4 is 40.8 Å². The van der Waals surface area contributed by atoms with Crippen LogP contribution in [0.3, 0.4) is 0 Å². The van der Waals surface area contributed by atoms with Gasteiger partial charge in [-0.2, -0.15) is 4.99 Å². The van der Waals surface area contributed by atoms with Crippen LogP contribution >= 0.6 is 23.8 Å². The zero-order chi connectivity index (χ0) is 21.9. The normalized spacial score (nSPS) is 15.6. The second-order valence-corrected chi connectivity index (χ2v) is 9.20. The third kappa shape index (κ3) is 5.17. The number of halogens is 1. The molecule has 1 unspecified atom stereocenters. The Labute approximate surface area is 186 Å². The lowest BCUT2D eigenvalue weighted by Crippen LogP contribution is -2.51. The average Bonchev–Trinajstić information content (AvgIpc) is 3.46. The lowest BCUT2D eigenvalue weighted by molar-refractivity contribution is 0.111. The van der Waals surface area contributed by atoms with Crippen molar-refractivity contribution in [2.75, 3.05) is 6.61 Å². The van der Waals surface area contributed by atoms with Crippen LogP contribution in [0.1, 0.15) is 33.6 Å². The molecule has 1 aliphatic carbocycles. The summed E-state index contributed by atoms with van der Waals surface area (Å²) >= 11 is 10.9. The van der Waals surface area contributed by atoms with Crippen molar-refractivity contribution in [3.63, 3.8) is 0 Å². The molecule has 2 aromatic rings. The monoisotopic (exact) mass is 445 g/mol. The molecular weight excluding hydrogens is 422 g/mol. The molecule has 1 atom stereocenters. The number of pyridine rings is 1. The fourth-order valence-electron chi connectivity index (χ4n) is 3.79. The van der Waals surface area contributed by atoms with Crippen LogP contribution in [0.2, 0.25) is 5.15 Å². The van der Waals surface area contributed by atoms with Gasteiger partial charge in [0.05, 0.1) is 23.7 Å². The second kappa shape index (κ2) is 8.72. The number of isothiocyanates is 1. The molecule has 0 spiro atoms. The lowest BCUT2D eigenvalue weighted by atomic mass is 9.77. The smallest absolute Gasteiger partial charge is 0.404 e. The predicted molar refractivity (Wildman–Crippen MR) is 121 cm³/mol. The van der Waals surface area contributed by atoms with E-state index >= 15 is 0 Å². The minimum Gasteiger partial charge on any atom is -0.491 e. The second-order valence-electron chi connectivity index (χ2n) is 8.66. The van der Waals surface area contributed by atoms with Crippen molar-refractivity contribution in [3.05, 3.63) is 41.7 Å². The zero-order valence-corrected chi connectivity index (χ0v) is 18.7. The van der Waals surface area contributed by atoms with Crippen LogP contribution in [-0.4, -0.2) is 34.0 Å². The van der Waals surface area contributed by atoms with E-state index in [9.17, 15) is 9.90 Å². The van der Waals surface area contributed by atoms with Crippen LogP contribution in [0.5, 0.6) is 5.75 Å². The van der Waals surface area contributed by atoms with Crippen molar-refractivity contribution in [2.45, 2.75) is 39.7 Å². The topological polar surface area (TPSA) is 83.8 Å². The van der Waals surface area contributed by atoms with Crippen LogP contribution in [0, 0.1) is 10.8 Å². The van der Waals surface area contributed by atoms with Crippen molar-refractivity contribution in [1.82, 2.24) is 10.3 Å². The molecule has 8 heteroatoms. The fourth-order valence-corrected chi connectivity index (χ4v) is 4.11. The molecule has 158 valence electrons. The van der Waals surface area contributed by atoms with Gasteiger partial charge in [-0.1, -0.05) is 44.5 Å². The van der Waals surface area contributed by atoms with Gasteiger partial charge in [-0.3, -0.25) is 0 Å². The summed E-state index contributed by atoms with van der Waals surface area (Å²) < 4.78 is 6.07. The molecule has 30 heavy (non-hydrogen) atoms. The Kier molecular flexibility index (Phi) is 6.46. The Morgan fingerprint density at radius 3 is 2.60 bits per heavy atom. The summed E-state index contributed by atoms with van der Waals surface area (Å²) in [6.07, 6.45) is 2.39. The molecule has 1 aliphatic rings. The van der Waals surface area contributed by atoms with Gasteiger partial charge in [-0.15, -0.1) is 0 Å². The highest BCUT2D eigenvalue weighted by atomic mass is 35.5. The Morgan fingerprint density at radius 2 is 2.07 bits per heavy atom.